The minimum absolute atomic E-state index is 0.0601. The van der Waals surface area contributed by atoms with Gasteiger partial charge >= 0.3 is 0 Å². The van der Waals surface area contributed by atoms with E-state index in [4.69, 9.17) is 39.5 Å². The zero-order chi connectivity index (χ0) is 22.3. The summed E-state index contributed by atoms with van der Waals surface area (Å²) in [5.41, 5.74) is 0.577. The first-order valence-electron chi connectivity index (χ1n) is 9.64. The molecule has 0 aliphatic rings. The van der Waals surface area contributed by atoms with Gasteiger partial charge in [0.25, 0.3) is 5.91 Å². The number of hydrogen-bond donors (Lipinski definition) is 1. The maximum Gasteiger partial charge on any atom is 0.261 e. The van der Waals surface area contributed by atoms with Crippen molar-refractivity contribution >= 4 is 46.6 Å². The van der Waals surface area contributed by atoms with Gasteiger partial charge in [-0.05, 0) is 50.6 Å². The van der Waals surface area contributed by atoms with Gasteiger partial charge in [-0.3, -0.25) is 9.59 Å². The van der Waals surface area contributed by atoms with E-state index in [0.29, 0.717) is 32.8 Å². The fourth-order valence-electron chi connectivity index (χ4n) is 2.94. The van der Waals surface area contributed by atoms with Crippen LogP contribution in [0.3, 0.4) is 0 Å². The summed E-state index contributed by atoms with van der Waals surface area (Å²) < 4.78 is 5.61. The van der Waals surface area contributed by atoms with Crippen LogP contribution in [0.15, 0.2) is 42.5 Å². The minimum Gasteiger partial charge on any atom is -0.484 e. The van der Waals surface area contributed by atoms with Gasteiger partial charge in [0, 0.05) is 33.2 Å². The first-order valence-corrected chi connectivity index (χ1v) is 10.8. The molecule has 0 aliphatic heterocycles. The second kappa shape index (κ2) is 11.4. The Hall–Kier alpha value is -1.95. The maximum absolute atomic E-state index is 13.1. The topological polar surface area (TPSA) is 58.6 Å². The summed E-state index contributed by atoms with van der Waals surface area (Å²) in [6, 6.07) is 11.1. The van der Waals surface area contributed by atoms with Crippen molar-refractivity contribution in [1.29, 1.82) is 0 Å². The molecule has 2 aromatic rings. The molecule has 5 nitrogen and oxygen atoms in total. The van der Waals surface area contributed by atoms with Gasteiger partial charge in [-0.1, -0.05) is 53.9 Å². The van der Waals surface area contributed by atoms with Crippen LogP contribution in [0.5, 0.6) is 5.75 Å². The van der Waals surface area contributed by atoms with Crippen LogP contribution in [-0.4, -0.2) is 35.4 Å². The minimum atomic E-state index is -0.699. The summed E-state index contributed by atoms with van der Waals surface area (Å²) in [7, 11) is 0. The van der Waals surface area contributed by atoms with Crippen LogP contribution < -0.4 is 10.1 Å². The SMILES string of the molecule is CC[C@H](C(=O)NC(C)C)N(Cc1c(Cl)cccc1Cl)C(=O)COc1cccc(Cl)c1. The number of nitrogens with zero attached hydrogens (tertiary/aromatic N) is 1. The molecular weight excluding hydrogens is 447 g/mol. The van der Waals surface area contributed by atoms with Gasteiger partial charge < -0.3 is 15.0 Å². The molecule has 8 heteroatoms. The van der Waals surface area contributed by atoms with Gasteiger partial charge in [0.2, 0.25) is 5.91 Å². The van der Waals surface area contributed by atoms with E-state index in [1.165, 1.54) is 4.90 Å². The molecule has 30 heavy (non-hydrogen) atoms. The lowest BCUT2D eigenvalue weighted by molar-refractivity contribution is -0.143. The molecule has 0 fully saturated rings. The highest BCUT2D eigenvalue weighted by Crippen LogP contribution is 2.27. The standard InChI is InChI=1S/C22H25Cl3N2O3/c1-4-20(22(29)26-14(2)3)27(12-17-18(24)9-6-10-19(17)25)21(28)13-30-16-8-5-7-15(23)11-16/h5-11,14,20H,4,12-13H2,1-3H3,(H,26,29)/t20-/m1/s1. The molecule has 0 spiro atoms. The number of amides is 2. The number of halogens is 3. The molecule has 162 valence electrons. The summed E-state index contributed by atoms with van der Waals surface area (Å²) in [5, 5.41) is 4.22. The second-order valence-corrected chi connectivity index (χ2v) is 8.31. The van der Waals surface area contributed by atoms with E-state index in [1.54, 1.807) is 42.5 Å². The molecule has 0 radical (unpaired) electrons. The van der Waals surface area contributed by atoms with Crippen molar-refractivity contribution in [1.82, 2.24) is 10.2 Å². The smallest absolute Gasteiger partial charge is 0.261 e. The van der Waals surface area contributed by atoms with Crippen molar-refractivity contribution in [3.05, 3.63) is 63.1 Å². The van der Waals surface area contributed by atoms with Gasteiger partial charge in [0.15, 0.2) is 6.61 Å². The molecule has 2 rings (SSSR count). The largest absolute Gasteiger partial charge is 0.484 e. The van der Waals surface area contributed by atoms with E-state index in [0.717, 1.165) is 0 Å². The molecule has 0 aromatic heterocycles. The second-order valence-electron chi connectivity index (χ2n) is 7.06. The van der Waals surface area contributed by atoms with Crippen LogP contribution in [-0.2, 0) is 16.1 Å². The van der Waals surface area contributed by atoms with Crippen LogP contribution in [0.1, 0.15) is 32.8 Å². The zero-order valence-corrected chi connectivity index (χ0v) is 19.4. The normalized spacial score (nSPS) is 11.8. The van der Waals surface area contributed by atoms with Crippen molar-refractivity contribution < 1.29 is 14.3 Å². The lowest BCUT2D eigenvalue weighted by Gasteiger charge is -2.31. The number of hydrogen-bond acceptors (Lipinski definition) is 3. The molecule has 1 N–H and O–H groups in total. The summed E-state index contributed by atoms with van der Waals surface area (Å²) >= 11 is 18.6. The number of rotatable bonds is 9. The monoisotopic (exact) mass is 470 g/mol. The number of carbonyl (C=O) groups is 2. The number of benzene rings is 2. The van der Waals surface area contributed by atoms with Crippen LogP contribution >= 0.6 is 34.8 Å². The van der Waals surface area contributed by atoms with Crippen molar-refractivity contribution in [2.75, 3.05) is 6.61 Å². The molecule has 1 atom stereocenters. The van der Waals surface area contributed by atoms with Gasteiger partial charge in [0.1, 0.15) is 11.8 Å². The molecule has 0 saturated carbocycles. The lowest BCUT2D eigenvalue weighted by Crippen LogP contribution is -2.51. The van der Waals surface area contributed by atoms with Crippen molar-refractivity contribution in [2.45, 2.75) is 45.8 Å². The third-order valence-electron chi connectivity index (χ3n) is 4.37. The first-order chi connectivity index (χ1) is 14.2. The summed E-state index contributed by atoms with van der Waals surface area (Å²) in [6.45, 7) is 5.40. The zero-order valence-electron chi connectivity index (χ0n) is 17.1. The Balaban J connectivity index is 2.28. The Morgan fingerprint density at radius 2 is 1.70 bits per heavy atom. The summed E-state index contributed by atoms with van der Waals surface area (Å²) in [4.78, 5) is 27.4. The molecule has 0 aliphatic carbocycles. The van der Waals surface area contributed by atoms with E-state index in [9.17, 15) is 9.59 Å². The quantitative estimate of drug-likeness (QED) is 0.536. The molecule has 2 amide bonds. The fourth-order valence-corrected chi connectivity index (χ4v) is 3.64. The first kappa shape index (κ1) is 24.3. The molecule has 0 heterocycles. The van der Waals surface area contributed by atoms with E-state index >= 15 is 0 Å². The highest BCUT2D eigenvalue weighted by atomic mass is 35.5. The van der Waals surface area contributed by atoms with Crippen molar-refractivity contribution in [3.63, 3.8) is 0 Å². The van der Waals surface area contributed by atoms with E-state index < -0.39 is 6.04 Å². The Morgan fingerprint density at radius 1 is 1.07 bits per heavy atom. The van der Waals surface area contributed by atoms with E-state index in [-0.39, 0.29) is 31.0 Å². The predicted octanol–water partition coefficient (Wildman–Crippen LogP) is 5.36. The maximum atomic E-state index is 13.1. The molecular formula is C22H25Cl3N2O3. The van der Waals surface area contributed by atoms with Crippen LogP contribution in [0, 0.1) is 0 Å². The third kappa shape index (κ3) is 6.79. The molecule has 0 bridgehead atoms. The number of ether oxygens (including phenoxy) is 1. The van der Waals surface area contributed by atoms with E-state index in [2.05, 4.69) is 5.32 Å². The molecule has 0 saturated heterocycles. The average Bonchev–Trinajstić information content (AvgIpc) is 2.67. The van der Waals surface area contributed by atoms with Crippen molar-refractivity contribution in [3.8, 4) is 5.75 Å². The van der Waals surface area contributed by atoms with Gasteiger partial charge in [-0.2, -0.15) is 0 Å². The van der Waals surface area contributed by atoms with Gasteiger partial charge in [-0.15, -0.1) is 0 Å². The van der Waals surface area contributed by atoms with Gasteiger partial charge in [-0.25, -0.2) is 0 Å². The average molecular weight is 472 g/mol. The Bertz CT molecular complexity index is 869. The Kier molecular flexibility index (Phi) is 9.28. The highest BCUT2D eigenvalue weighted by Gasteiger charge is 2.30. The third-order valence-corrected chi connectivity index (χ3v) is 5.31. The lowest BCUT2D eigenvalue weighted by atomic mass is 10.1. The summed E-state index contributed by atoms with van der Waals surface area (Å²) in [5.74, 6) is -0.144. The Labute approximate surface area is 192 Å². The molecule has 0 unspecified atom stereocenters. The van der Waals surface area contributed by atoms with Crippen LogP contribution in [0.25, 0.3) is 0 Å². The molecule has 2 aromatic carbocycles. The number of nitrogens with one attached hydrogen (secondary N) is 1. The summed E-state index contributed by atoms with van der Waals surface area (Å²) in [6.07, 6.45) is 0.420. The number of carbonyl (C=O) groups excluding carboxylic acids is 2. The van der Waals surface area contributed by atoms with Crippen molar-refractivity contribution in [2.24, 2.45) is 0 Å². The van der Waals surface area contributed by atoms with Gasteiger partial charge in [0.05, 0.1) is 0 Å². The van der Waals surface area contributed by atoms with E-state index in [1.807, 2.05) is 20.8 Å². The Morgan fingerprint density at radius 3 is 2.27 bits per heavy atom. The van der Waals surface area contributed by atoms with Crippen LogP contribution in [0.4, 0.5) is 0 Å². The van der Waals surface area contributed by atoms with Crippen LogP contribution in [0.2, 0.25) is 15.1 Å². The fraction of sp³-hybridized carbons (Fsp3) is 0.364. The highest BCUT2D eigenvalue weighted by molar-refractivity contribution is 6.36. The predicted molar refractivity (Wildman–Crippen MR) is 121 cm³/mol.